The number of carbonyl (C=O) groups excluding carboxylic acids is 1. The lowest BCUT2D eigenvalue weighted by atomic mass is 9.96. The maximum absolute atomic E-state index is 13.1. The Balaban J connectivity index is 1.94. The van der Waals surface area contributed by atoms with Crippen molar-refractivity contribution in [1.29, 1.82) is 0 Å². The lowest BCUT2D eigenvalue weighted by molar-refractivity contribution is -0.178. The minimum Gasteiger partial charge on any atom is -0.458 e. The monoisotopic (exact) mass is 321 g/mol. The summed E-state index contributed by atoms with van der Waals surface area (Å²) in [5, 5.41) is 0. The topological polar surface area (TPSA) is 29.5 Å². The van der Waals surface area contributed by atoms with Crippen molar-refractivity contribution in [1.82, 2.24) is 4.90 Å². The third kappa shape index (κ3) is 5.40. The van der Waals surface area contributed by atoms with Crippen LogP contribution in [0.1, 0.15) is 39.0 Å². The summed E-state index contributed by atoms with van der Waals surface area (Å²) >= 11 is 1.95. The molecule has 2 unspecified atom stereocenters. The van der Waals surface area contributed by atoms with Crippen LogP contribution in [0.25, 0.3) is 0 Å². The number of thioether (sulfide) groups is 1. The summed E-state index contributed by atoms with van der Waals surface area (Å²) in [6, 6.07) is 0. The lowest BCUT2D eigenvalue weighted by Gasteiger charge is -2.33. The normalized spacial score (nSPS) is 28.9. The van der Waals surface area contributed by atoms with E-state index in [2.05, 4.69) is 4.90 Å². The van der Waals surface area contributed by atoms with Crippen LogP contribution in [-0.4, -0.2) is 54.0 Å². The summed E-state index contributed by atoms with van der Waals surface area (Å²) in [6.45, 7) is 3.58. The molecule has 0 aromatic carbocycles. The molecule has 1 saturated carbocycles. The van der Waals surface area contributed by atoms with E-state index in [-0.39, 0.29) is 12.0 Å². The highest BCUT2D eigenvalue weighted by Gasteiger charge is 2.38. The molecule has 0 radical (unpaired) electrons. The summed E-state index contributed by atoms with van der Waals surface area (Å²) in [5.74, 6) is -2.30. The van der Waals surface area contributed by atoms with E-state index in [9.17, 15) is 13.6 Å². The zero-order chi connectivity index (χ0) is 15.3. The van der Waals surface area contributed by atoms with Gasteiger partial charge in [-0.25, -0.2) is 4.79 Å². The molecular formula is C15H25F2NO2S. The Labute approximate surface area is 129 Å². The fourth-order valence-corrected chi connectivity index (χ4v) is 4.05. The second-order valence-corrected chi connectivity index (χ2v) is 7.37. The Bertz CT molecular complexity index is 343. The Hall–Kier alpha value is -0.360. The van der Waals surface area contributed by atoms with Crippen molar-refractivity contribution in [2.45, 2.75) is 51.1 Å². The molecule has 1 heterocycles. The molecule has 0 spiro atoms. The molecule has 2 fully saturated rings. The van der Waals surface area contributed by atoms with Gasteiger partial charge in [0.1, 0.15) is 6.10 Å². The van der Waals surface area contributed by atoms with E-state index in [1.165, 1.54) is 0 Å². The standard InChI is InChI=1S/C15H25F2NO2S/c1-15(16,17)14(19)20-13-6-4-2-3-5-12(13)11-18-7-9-21-10-8-18/h12-13H,2-11H2,1H3. The highest BCUT2D eigenvalue weighted by Crippen LogP contribution is 2.29. The van der Waals surface area contributed by atoms with Crippen LogP contribution in [0, 0.1) is 5.92 Å². The van der Waals surface area contributed by atoms with Gasteiger partial charge in [0.15, 0.2) is 0 Å². The Morgan fingerprint density at radius 1 is 1.24 bits per heavy atom. The van der Waals surface area contributed by atoms with Gasteiger partial charge in [0.05, 0.1) is 0 Å². The van der Waals surface area contributed by atoms with Crippen molar-refractivity contribution in [2.24, 2.45) is 5.92 Å². The summed E-state index contributed by atoms with van der Waals surface area (Å²) in [5.41, 5.74) is 0. The van der Waals surface area contributed by atoms with Crippen LogP contribution >= 0.6 is 11.8 Å². The molecule has 0 amide bonds. The number of esters is 1. The SMILES string of the molecule is CC(F)(F)C(=O)OC1CCCCCC1CN1CCSCC1. The number of nitrogens with zero attached hydrogens (tertiary/aromatic N) is 1. The minimum atomic E-state index is -3.39. The van der Waals surface area contributed by atoms with Crippen molar-refractivity contribution < 1.29 is 18.3 Å². The molecule has 2 rings (SSSR count). The van der Waals surface area contributed by atoms with Crippen LogP contribution in [0.4, 0.5) is 8.78 Å². The first-order valence-electron chi connectivity index (χ1n) is 7.86. The number of ether oxygens (including phenoxy) is 1. The number of halogens is 2. The zero-order valence-corrected chi connectivity index (χ0v) is 13.5. The molecule has 122 valence electrons. The summed E-state index contributed by atoms with van der Waals surface area (Å²) in [6.07, 6.45) is 4.50. The van der Waals surface area contributed by atoms with Gasteiger partial charge in [0.2, 0.25) is 0 Å². The van der Waals surface area contributed by atoms with E-state index in [0.29, 0.717) is 6.92 Å². The molecule has 1 aliphatic heterocycles. The first-order chi connectivity index (χ1) is 9.97. The smallest absolute Gasteiger partial charge is 0.376 e. The van der Waals surface area contributed by atoms with Crippen molar-refractivity contribution in [2.75, 3.05) is 31.1 Å². The number of hydrogen-bond donors (Lipinski definition) is 0. The van der Waals surface area contributed by atoms with Gasteiger partial charge in [-0.05, 0) is 19.3 Å². The average Bonchev–Trinajstić information content (AvgIpc) is 2.65. The van der Waals surface area contributed by atoms with Crippen LogP contribution in [0.2, 0.25) is 0 Å². The molecule has 0 N–H and O–H groups in total. The summed E-state index contributed by atoms with van der Waals surface area (Å²) in [4.78, 5) is 13.9. The van der Waals surface area contributed by atoms with Gasteiger partial charge in [0, 0.05) is 44.0 Å². The molecule has 0 aromatic rings. The van der Waals surface area contributed by atoms with Gasteiger partial charge in [-0.15, -0.1) is 0 Å². The fraction of sp³-hybridized carbons (Fsp3) is 0.933. The summed E-state index contributed by atoms with van der Waals surface area (Å²) < 4.78 is 31.3. The molecular weight excluding hydrogens is 296 g/mol. The Morgan fingerprint density at radius 2 is 1.90 bits per heavy atom. The molecule has 3 nitrogen and oxygen atoms in total. The maximum atomic E-state index is 13.1. The summed E-state index contributed by atoms with van der Waals surface area (Å²) in [7, 11) is 0. The molecule has 2 atom stereocenters. The van der Waals surface area contributed by atoms with E-state index < -0.39 is 11.9 Å². The van der Waals surface area contributed by atoms with Crippen LogP contribution in [-0.2, 0) is 9.53 Å². The Morgan fingerprint density at radius 3 is 2.57 bits per heavy atom. The molecule has 6 heteroatoms. The van der Waals surface area contributed by atoms with Crippen LogP contribution in [0.3, 0.4) is 0 Å². The van der Waals surface area contributed by atoms with Gasteiger partial charge in [-0.3, -0.25) is 0 Å². The van der Waals surface area contributed by atoms with Gasteiger partial charge >= 0.3 is 11.9 Å². The van der Waals surface area contributed by atoms with E-state index >= 15 is 0 Å². The number of rotatable bonds is 4. The highest BCUT2D eigenvalue weighted by molar-refractivity contribution is 7.99. The van der Waals surface area contributed by atoms with Gasteiger partial charge in [-0.1, -0.05) is 12.8 Å². The van der Waals surface area contributed by atoms with Crippen molar-refractivity contribution in [3.8, 4) is 0 Å². The van der Waals surface area contributed by atoms with Crippen LogP contribution < -0.4 is 0 Å². The Kier molecular flexibility index (Phi) is 6.29. The second-order valence-electron chi connectivity index (χ2n) is 6.14. The van der Waals surface area contributed by atoms with E-state index in [0.717, 1.165) is 63.2 Å². The largest absolute Gasteiger partial charge is 0.458 e. The highest BCUT2D eigenvalue weighted by atomic mass is 32.2. The third-order valence-corrected chi connectivity index (χ3v) is 5.25. The predicted molar refractivity (Wildman–Crippen MR) is 80.8 cm³/mol. The number of carbonyl (C=O) groups is 1. The molecule has 1 aliphatic carbocycles. The minimum absolute atomic E-state index is 0.196. The van der Waals surface area contributed by atoms with Crippen molar-refractivity contribution in [3.05, 3.63) is 0 Å². The maximum Gasteiger partial charge on any atom is 0.376 e. The first-order valence-corrected chi connectivity index (χ1v) is 9.01. The zero-order valence-electron chi connectivity index (χ0n) is 12.7. The van der Waals surface area contributed by atoms with Gasteiger partial charge < -0.3 is 9.64 Å². The van der Waals surface area contributed by atoms with Crippen molar-refractivity contribution >= 4 is 17.7 Å². The van der Waals surface area contributed by atoms with E-state index in [1.54, 1.807) is 0 Å². The molecule has 21 heavy (non-hydrogen) atoms. The lowest BCUT2D eigenvalue weighted by Crippen LogP contribution is -2.42. The van der Waals surface area contributed by atoms with E-state index in [4.69, 9.17) is 4.74 Å². The third-order valence-electron chi connectivity index (χ3n) is 4.30. The number of hydrogen-bond acceptors (Lipinski definition) is 4. The van der Waals surface area contributed by atoms with Gasteiger partial charge in [0.25, 0.3) is 0 Å². The van der Waals surface area contributed by atoms with Crippen molar-refractivity contribution in [3.63, 3.8) is 0 Å². The molecule has 0 aromatic heterocycles. The predicted octanol–water partition coefficient (Wildman–Crippen LogP) is 3.18. The molecule has 1 saturated heterocycles. The first kappa shape index (κ1) is 17.0. The number of alkyl halides is 2. The van der Waals surface area contributed by atoms with Crippen LogP contribution in [0.15, 0.2) is 0 Å². The fourth-order valence-electron chi connectivity index (χ4n) is 3.07. The molecule has 0 bridgehead atoms. The average molecular weight is 321 g/mol. The van der Waals surface area contributed by atoms with Gasteiger partial charge in [-0.2, -0.15) is 20.5 Å². The second kappa shape index (κ2) is 7.77. The van der Waals surface area contributed by atoms with E-state index in [1.807, 2.05) is 11.8 Å². The quantitative estimate of drug-likeness (QED) is 0.587. The molecule has 2 aliphatic rings. The van der Waals surface area contributed by atoms with Crippen LogP contribution in [0.5, 0.6) is 0 Å².